The number of hydrogen-bond acceptors (Lipinski definition) is 5. The summed E-state index contributed by atoms with van der Waals surface area (Å²) in [6.07, 6.45) is 1.54. The highest BCUT2D eigenvalue weighted by Crippen LogP contribution is 2.22. The fourth-order valence-corrected chi connectivity index (χ4v) is 2.50. The molecule has 3 rings (SSSR count). The van der Waals surface area contributed by atoms with E-state index in [-0.39, 0.29) is 30.2 Å². The maximum atomic E-state index is 12.7. The monoisotopic (exact) mass is 381 g/mol. The number of nitrogens with zero attached hydrogens (tertiary/aromatic N) is 2. The summed E-state index contributed by atoms with van der Waals surface area (Å²) in [5.74, 6) is -0.157. The number of rotatable bonds is 7. The van der Waals surface area contributed by atoms with Crippen LogP contribution in [0.3, 0.4) is 0 Å². The molecule has 0 saturated carbocycles. The molecule has 2 aromatic heterocycles. The van der Waals surface area contributed by atoms with Gasteiger partial charge >= 0.3 is 5.97 Å². The Balaban J connectivity index is 1.80. The molecule has 1 aromatic carbocycles. The maximum Gasteiger partial charge on any atom is 0.357 e. The summed E-state index contributed by atoms with van der Waals surface area (Å²) in [6.45, 7) is 5.56. The smallest absolute Gasteiger partial charge is 0.357 e. The van der Waals surface area contributed by atoms with E-state index in [1.807, 2.05) is 51.1 Å². The molecular weight excluding hydrogens is 358 g/mol. The van der Waals surface area contributed by atoms with E-state index in [1.54, 1.807) is 18.2 Å². The Morgan fingerprint density at radius 1 is 1.14 bits per heavy atom. The van der Waals surface area contributed by atoms with Gasteiger partial charge in [-0.3, -0.25) is 4.79 Å². The molecule has 0 bridgehead atoms. The fraction of sp³-hybridized carbons (Fsp3) is 0.286. The van der Waals surface area contributed by atoms with Gasteiger partial charge in [0.2, 0.25) is 0 Å². The summed E-state index contributed by atoms with van der Waals surface area (Å²) in [6, 6.07) is 14.3. The van der Waals surface area contributed by atoms with Gasteiger partial charge in [0.25, 0.3) is 5.91 Å². The van der Waals surface area contributed by atoms with Crippen molar-refractivity contribution < 1.29 is 18.7 Å². The van der Waals surface area contributed by atoms with Crippen LogP contribution in [0.5, 0.6) is 0 Å². The summed E-state index contributed by atoms with van der Waals surface area (Å²) in [7, 11) is 0. The van der Waals surface area contributed by atoms with Gasteiger partial charge in [0.05, 0.1) is 12.0 Å². The normalized spacial score (nSPS) is 12.0. The third-order valence-corrected chi connectivity index (χ3v) is 4.42. The first-order valence-corrected chi connectivity index (χ1v) is 9.11. The number of benzene rings is 1. The van der Waals surface area contributed by atoms with Crippen molar-refractivity contribution in [3.05, 3.63) is 60.5 Å². The standard InChI is InChI=1S/C21H23N3O4/c1-14(2)15(3)22-20(25)13-28-21(26)18-12-17(19-10-7-11-27-19)23-24(18)16-8-5-4-6-9-16/h4-12,14-15H,13H2,1-3H3,(H,22,25). The minimum absolute atomic E-state index is 0.00777. The Morgan fingerprint density at radius 2 is 1.89 bits per heavy atom. The van der Waals surface area contributed by atoms with Crippen LogP contribution >= 0.6 is 0 Å². The largest absolute Gasteiger partial charge is 0.463 e. The highest BCUT2D eigenvalue weighted by molar-refractivity contribution is 5.91. The Labute approximate surface area is 163 Å². The molecule has 0 aliphatic rings. The molecular formula is C21H23N3O4. The summed E-state index contributed by atoms with van der Waals surface area (Å²) in [5.41, 5.74) is 1.41. The molecule has 0 aliphatic carbocycles. The Bertz CT molecular complexity index is 930. The molecule has 1 amide bonds. The highest BCUT2D eigenvalue weighted by Gasteiger charge is 2.21. The number of nitrogens with one attached hydrogen (secondary N) is 1. The molecule has 0 fully saturated rings. The number of amides is 1. The predicted molar refractivity (Wildman–Crippen MR) is 104 cm³/mol. The van der Waals surface area contributed by atoms with Crippen molar-refractivity contribution in [2.24, 2.45) is 5.92 Å². The van der Waals surface area contributed by atoms with Gasteiger partial charge < -0.3 is 14.5 Å². The maximum absolute atomic E-state index is 12.7. The van der Waals surface area contributed by atoms with Crippen molar-refractivity contribution in [3.8, 4) is 17.1 Å². The molecule has 1 atom stereocenters. The van der Waals surface area contributed by atoms with Gasteiger partial charge in [-0.2, -0.15) is 5.10 Å². The molecule has 2 heterocycles. The lowest BCUT2D eigenvalue weighted by molar-refractivity contribution is -0.125. The van der Waals surface area contributed by atoms with Gasteiger partial charge in [-0.25, -0.2) is 9.48 Å². The number of carbonyl (C=O) groups excluding carboxylic acids is 2. The van der Waals surface area contributed by atoms with Gasteiger partial charge in [-0.05, 0) is 37.1 Å². The van der Waals surface area contributed by atoms with Crippen molar-refractivity contribution in [1.29, 1.82) is 0 Å². The Morgan fingerprint density at radius 3 is 2.54 bits per heavy atom. The zero-order chi connectivity index (χ0) is 20.1. The first kappa shape index (κ1) is 19.4. The number of carbonyl (C=O) groups is 2. The third kappa shape index (κ3) is 4.49. The second-order valence-electron chi connectivity index (χ2n) is 6.82. The van der Waals surface area contributed by atoms with E-state index in [9.17, 15) is 9.59 Å². The SMILES string of the molecule is CC(C)C(C)NC(=O)COC(=O)c1cc(-c2ccco2)nn1-c1ccccc1. The van der Waals surface area contributed by atoms with Crippen LogP contribution < -0.4 is 5.32 Å². The zero-order valence-corrected chi connectivity index (χ0v) is 16.1. The second kappa shape index (κ2) is 8.56. The summed E-state index contributed by atoms with van der Waals surface area (Å²) in [4.78, 5) is 24.7. The average Bonchev–Trinajstić information content (AvgIpc) is 3.36. The molecule has 1 unspecified atom stereocenters. The molecule has 0 saturated heterocycles. The summed E-state index contributed by atoms with van der Waals surface area (Å²) >= 11 is 0. The van der Waals surface area contributed by atoms with E-state index < -0.39 is 5.97 Å². The minimum atomic E-state index is -0.637. The van der Waals surface area contributed by atoms with Gasteiger partial charge in [0, 0.05) is 12.1 Å². The topological polar surface area (TPSA) is 86.4 Å². The van der Waals surface area contributed by atoms with E-state index in [2.05, 4.69) is 10.4 Å². The van der Waals surface area contributed by atoms with Crippen molar-refractivity contribution in [2.45, 2.75) is 26.8 Å². The van der Waals surface area contributed by atoms with E-state index in [0.717, 1.165) is 0 Å². The van der Waals surface area contributed by atoms with Gasteiger partial charge in [0.15, 0.2) is 18.1 Å². The van der Waals surface area contributed by atoms with Gasteiger partial charge in [0.1, 0.15) is 5.69 Å². The minimum Gasteiger partial charge on any atom is -0.463 e. The number of aromatic nitrogens is 2. The van der Waals surface area contributed by atoms with Crippen molar-refractivity contribution >= 4 is 11.9 Å². The van der Waals surface area contributed by atoms with E-state index in [1.165, 1.54) is 10.9 Å². The number of ether oxygens (including phenoxy) is 1. The van der Waals surface area contributed by atoms with Crippen LogP contribution in [0.4, 0.5) is 0 Å². The molecule has 7 heteroatoms. The Kier molecular flexibility index (Phi) is 5.93. The van der Waals surface area contributed by atoms with Gasteiger partial charge in [-0.15, -0.1) is 0 Å². The second-order valence-corrected chi connectivity index (χ2v) is 6.82. The number of hydrogen-bond donors (Lipinski definition) is 1. The van der Waals surface area contributed by atoms with Crippen LogP contribution in [0.25, 0.3) is 17.1 Å². The first-order chi connectivity index (χ1) is 13.5. The van der Waals surface area contributed by atoms with Crippen LogP contribution in [-0.4, -0.2) is 34.3 Å². The van der Waals surface area contributed by atoms with Crippen LogP contribution in [0.2, 0.25) is 0 Å². The van der Waals surface area contributed by atoms with Crippen LogP contribution in [0.15, 0.2) is 59.2 Å². The zero-order valence-electron chi connectivity index (χ0n) is 16.1. The van der Waals surface area contributed by atoms with Crippen LogP contribution in [-0.2, 0) is 9.53 Å². The lowest BCUT2D eigenvalue weighted by Gasteiger charge is -2.17. The molecule has 0 radical (unpaired) electrons. The van der Waals surface area contributed by atoms with Crippen LogP contribution in [0, 0.1) is 5.92 Å². The predicted octanol–water partition coefficient (Wildman–Crippen LogP) is 3.45. The first-order valence-electron chi connectivity index (χ1n) is 9.11. The lowest BCUT2D eigenvalue weighted by Crippen LogP contribution is -2.38. The van der Waals surface area contributed by atoms with Crippen molar-refractivity contribution in [2.75, 3.05) is 6.61 Å². The lowest BCUT2D eigenvalue weighted by atomic mass is 10.1. The van der Waals surface area contributed by atoms with E-state index >= 15 is 0 Å². The molecule has 1 N–H and O–H groups in total. The summed E-state index contributed by atoms with van der Waals surface area (Å²) < 4.78 is 12.1. The molecule has 7 nitrogen and oxygen atoms in total. The quantitative estimate of drug-likeness (QED) is 0.634. The molecule has 28 heavy (non-hydrogen) atoms. The summed E-state index contributed by atoms with van der Waals surface area (Å²) in [5, 5.41) is 7.27. The molecule has 0 aliphatic heterocycles. The Hall–Kier alpha value is -3.35. The van der Waals surface area contributed by atoms with E-state index in [0.29, 0.717) is 17.1 Å². The number of para-hydroxylation sites is 1. The fourth-order valence-electron chi connectivity index (χ4n) is 2.50. The van der Waals surface area contributed by atoms with Crippen molar-refractivity contribution in [1.82, 2.24) is 15.1 Å². The van der Waals surface area contributed by atoms with Gasteiger partial charge in [-0.1, -0.05) is 32.0 Å². The molecule has 3 aromatic rings. The molecule has 0 spiro atoms. The van der Waals surface area contributed by atoms with Crippen LogP contribution in [0.1, 0.15) is 31.3 Å². The van der Waals surface area contributed by atoms with E-state index in [4.69, 9.17) is 9.15 Å². The number of esters is 1. The average molecular weight is 381 g/mol. The third-order valence-electron chi connectivity index (χ3n) is 4.42. The highest BCUT2D eigenvalue weighted by atomic mass is 16.5. The number of furan rings is 1. The molecule has 146 valence electrons. The van der Waals surface area contributed by atoms with Crippen molar-refractivity contribution in [3.63, 3.8) is 0 Å².